The molecule has 29 heavy (non-hydrogen) atoms. The highest BCUT2D eigenvalue weighted by Crippen LogP contribution is 2.48. The predicted octanol–water partition coefficient (Wildman–Crippen LogP) is 3.42. The summed E-state index contributed by atoms with van der Waals surface area (Å²) >= 11 is 3.78. The van der Waals surface area contributed by atoms with Crippen molar-refractivity contribution in [1.29, 1.82) is 0 Å². The van der Waals surface area contributed by atoms with Gasteiger partial charge >= 0.3 is 5.97 Å². The molecule has 7 unspecified atom stereocenters. The smallest absolute Gasteiger partial charge is 0.305 e. The van der Waals surface area contributed by atoms with Crippen LogP contribution in [0.4, 0.5) is 0 Å². The Morgan fingerprint density at radius 1 is 1.17 bits per heavy atom. The van der Waals surface area contributed by atoms with Crippen LogP contribution in [0.2, 0.25) is 0 Å². The van der Waals surface area contributed by atoms with Gasteiger partial charge in [0.25, 0.3) is 0 Å². The number of rotatable bonds is 10. The third-order valence-electron chi connectivity index (χ3n) is 6.46. The van der Waals surface area contributed by atoms with Crippen LogP contribution in [-0.2, 0) is 33.2 Å². The molecule has 2 heterocycles. The summed E-state index contributed by atoms with van der Waals surface area (Å²) < 4.78 is 34.6. The monoisotopic (exact) mass is 478 g/mol. The van der Waals surface area contributed by atoms with E-state index in [1.54, 1.807) is 14.2 Å². The summed E-state index contributed by atoms with van der Waals surface area (Å²) in [5, 5.41) is 0. The highest BCUT2D eigenvalue weighted by atomic mass is 79.9. The van der Waals surface area contributed by atoms with Crippen molar-refractivity contribution in [3.05, 3.63) is 0 Å². The first-order chi connectivity index (χ1) is 14.1. The van der Waals surface area contributed by atoms with Crippen molar-refractivity contribution in [2.24, 2.45) is 11.8 Å². The molecule has 2 saturated heterocycles. The molecule has 8 heteroatoms. The molecule has 3 rings (SSSR count). The van der Waals surface area contributed by atoms with E-state index in [4.69, 9.17) is 28.4 Å². The normalized spacial score (nSPS) is 35.6. The number of hydrogen-bond acceptors (Lipinski definition) is 7. The molecule has 7 atom stereocenters. The van der Waals surface area contributed by atoms with Gasteiger partial charge in [0.15, 0.2) is 12.6 Å². The second-order valence-corrected chi connectivity index (χ2v) is 9.40. The molecule has 0 N–H and O–H groups in total. The fourth-order valence-electron chi connectivity index (χ4n) is 5.01. The molecule has 0 radical (unpaired) electrons. The predicted molar refractivity (Wildman–Crippen MR) is 110 cm³/mol. The van der Waals surface area contributed by atoms with Gasteiger partial charge in [-0.2, -0.15) is 0 Å². The van der Waals surface area contributed by atoms with Crippen molar-refractivity contribution in [1.82, 2.24) is 0 Å². The van der Waals surface area contributed by atoms with Crippen LogP contribution in [0.25, 0.3) is 0 Å². The fourth-order valence-corrected chi connectivity index (χ4v) is 5.67. The van der Waals surface area contributed by atoms with E-state index in [1.165, 1.54) is 7.11 Å². The van der Waals surface area contributed by atoms with Gasteiger partial charge < -0.3 is 28.4 Å². The van der Waals surface area contributed by atoms with Crippen molar-refractivity contribution in [2.75, 3.05) is 27.9 Å². The number of halogens is 1. The van der Waals surface area contributed by atoms with Gasteiger partial charge in [-0.3, -0.25) is 4.79 Å². The molecule has 0 bridgehead atoms. The second-order valence-electron chi connectivity index (χ2n) is 8.22. The average molecular weight is 479 g/mol. The standard InChI is InChI=1S/C21H35BrO7/c1-24-18(23)8-6-7-14(22)16-11-13-15(28-16)12-17(20(13)21(25-2)26-3)29-19-9-4-5-10-27-19/h13-17,19-21H,4-12H2,1-3H3. The van der Waals surface area contributed by atoms with Crippen LogP contribution in [0.15, 0.2) is 0 Å². The zero-order valence-electron chi connectivity index (χ0n) is 17.7. The Morgan fingerprint density at radius 3 is 2.62 bits per heavy atom. The summed E-state index contributed by atoms with van der Waals surface area (Å²) in [5.74, 6) is 0.265. The van der Waals surface area contributed by atoms with Crippen LogP contribution in [0, 0.1) is 11.8 Å². The zero-order valence-corrected chi connectivity index (χ0v) is 19.3. The number of fused-ring (bicyclic) bond motifs is 1. The molecule has 7 nitrogen and oxygen atoms in total. The molecular formula is C21H35BrO7. The molecule has 0 aromatic rings. The van der Waals surface area contributed by atoms with Crippen molar-refractivity contribution >= 4 is 21.9 Å². The van der Waals surface area contributed by atoms with Crippen molar-refractivity contribution in [3.63, 3.8) is 0 Å². The van der Waals surface area contributed by atoms with Crippen molar-refractivity contribution < 1.29 is 33.2 Å². The molecule has 1 saturated carbocycles. The maximum Gasteiger partial charge on any atom is 0.305 e. The number of carbonyl (C=O) groups is 1. The van der Waals surface area contributed by atoms with Gasteiger partial charge in [0.1, 0.15) is 0 Å². The minimum Gasteiger partial charge on any atom is -0.469 e. The molecule has 0 aromatic carbocycles. The van der Waals surface area contributed by atoms with E-state index in [-0.39, 0.29) is 47.6 Å². The van der Waals surface area contributed by atoms with Gasteiger partial charge in [-0.25, -0.2) is 0 Å². The van der Waals surface area contributed by atoms with Gasteiger partial charge in [-0.15, -0.1) is 0 Å². The summed E-state index contributed by atoms with van der Waals surface area (Å²) in [6.07, 6.45) is 6.83. The number of carbonyl (C=O) groups excluding carboxylic acids is 1. The van der Waals surface area contributed by atoms with E-state index < -0.39 is 0 Å². The van der Waals surface area contributed by atoms with Gasteiger partial charge in [-0.1, -0.05) is 15.9 Å². The maximum atomic E-state index is 11.3. The lowest BCUT2D eigenvalue weighted by molar-refractivity contribution is -0.227. The van der Waals surface area contributed by atoms with E-state index >= 15 is 0 Å². The Labute approximate surface area is 182 Å². The number of alkyl halides is 1. The van der Waals surface area contributed by atoms with E-state index in [1.807, 2.05) is 0 Å². The molecule has 3 aliphatic rings. The zero-order chi connectivity index (χ0) is 20.8. The lowest BCUT2D eigenvalue weighted by Crippen LogP contribution is -2.39. The first-order valence-electron chi connectivity index (χ1n) is 10.8. The Bertz CT molecular complexity index is 509. The summed E-state index contributed by atoms with van der Waals surface area (Å²) in [6, 6.07) is 0. The van der Waals surface area contributed by atoms with Gasteiger partial charge in [0.2, 0.25) is 0 Å². The Kier molecular flexibility index (Phi) is 9.20. The first kappa shape index (κ1) is 23.4. The lowest BCUT2D eigenvalue weighted by atomic mass is 9.89. The molecule has 3 fully saturated rings. The van der Waals surface area contributed by atoms with Crippen LogP contribution < -0.4 is 0 Å². The summed E-state index contributed by atoms with van der Waals surface area (Å²) in [6.45, 7) is 0.766. The lowest BCUT2D eigenvalue weighted by Gasteiger charge is -2.33. The molecule has 0 spiro atoms. The Hall–Kier alpha value is -0.250. The first-order valence-corrected chi connectivity index (χ1v) is 11.7. The van der Waals surface area contributed by atoms with Crippen molar-refractivity contribution in [3.8, 4) is 0 Å². The molecular weight excluding hydrogens is 444 g/mol. The van der Waals surface area contributed by atoms with Crippen LogP contribution in [0.1, 0.15) is 51.4 Å². The Balaban J connectivity index is 1.58. The van der Waals surface area contributed by atoms with Gasteiger partial charge in [-0.05, 0) is 44.4 Å². The van der Waals surface area contributed by atoms with Gasteiger partial charge in [0.05, 0.1) is 25.4 Å². The summed E-state index contributed by atoms with van der Waals surface area (Å²) in [4.78, 5) is 11.5. The number of hydrogen-bond donors (Lipinski definition) is 0. The summed E-state index contributed by atoms with van der Waals surface area (Å²) in [5.41, 5.74) is 0. The third-order valence-corrected chi connectivity index (χ3v) is 7.50. The van der Waals surface area contributed by atoms with E-state index in [9.17, 15) is 4.79 Å². The van der Waals surface area contributed by atoms with Crippen LogP contribution in [0.5, 0.6) is 0 Å². The SMILES string of the molecule is COC(=O)CCCC(Br)C1CC2C(CC(OC3CCCCO3)C2C(OC)OC)O1. The number of ether oxygens (including phenoxy) is 6. The largest absolute Gasteiger partial charge is 0.469 e. The minimum absolute atomic E-state index is 0.00653. The highest BCUT2D eigenvalue weighted by Gasteiger charge is 2.54. The topological polar surface area (TPSA) is 72.5 Å². The maximum absolute atomic E-state index is 11.3. The fraction of sp³-hybridized carbons (Fsp3) is 0.952. The quantitative estimate of drug-likeness (QED) is 0.270. The minimum atomic E-state index is -0.325. The van der Waals surface area contributed by atoms with Crippen molar-refractivity contribution in [2.45, 2.75) is 87.1 Å². The highest BCUT2D eigenvalue weighted by molar-refractivity contribution is 9.09. The molecule has 2 aliphatic heterocycles. The molecule has 0 aromatic heterocycles. The van der Waals surface area contributed by atoms with E-state index in [2.05, 4.69) is 15.9 Å². The second kappa shape index (κ2) is 11.4. The third kappa shape index (κ3) is 5.92. The van der Waals surface area contributed by atoms with E-state index in [0.717, 1.165) is 51.6 Å². The molecule has 168 valence electrons. The number of esters is 1. The van der Waals surface area contributed by atoms with Crippen LogP contribution >= 0.6 is 15.9 Å². The Morgan fingerprint density at radius 2 is 1.97 bits per heavy atom. The van der Waals surface area contributed by atoms with Gasteiger partial charge in [0, 0.05) is 44.4 Å². The number of methoxy groups -OCH3 is 3. The van der Waals surface area contributed by atoms with Crippen LogP contribution in [-0.4, -0.2) is 69.6 Å². The molecule has 1 aliphatic carbocycles. The average Bonchev–Trinajstić information content (AvgIpc) is 3.28. The van der Waals surface area contributed by atoms with E-state index in [0.29, 0.717) is 12.3 Å². The molecule has 0 amide bonds. The summed E-state index contributed by atoms with van der Waals surface area (Å²) in [7, 11) is 4.79. The van der Waals surface area contributed by atoms with Crippen LogP contribution in [0.3, 0.4) is 0 Å².